The summed E-state index contributed by atoms with van der Waals surface area (Å²) in [5.41, 5.74) is 5.53. The van der Waals surface area contributed by atoms with Gasteiger partial charge in [-0.2, -0.15) is 5.10 Å². The van der Waals surface area contributed by atoms with E-state index < -0.39 is 23.9 Å². The van der Waals surface area contributed by atoms with Crippen molar-refractivity contribution >= 4 is 34.9 Å². The monoisotopic (exact) mass is 622 g/mol. The Kier molecular flexibility index (Phi) is 10.1. The van der Waals surface area contributed by atoms with Gasteiger partial charge in [0.1, 0.15) is 12.4 Å². The molecule has 0 spiro atoms. The van der Waals surface area contributed by atoms with Crippen molar-refractivity contribution in [1.82, 2.24) is 16.1 Å². The van der Waals surface area contributed by atoms with E-state index >= 15 is 0 Å². The third-order valence-electron chi connectivity index (χ3n) is 7.15. The first kappa shape index (κ1) is 31.6. The lowest BCUT2D eigenvalue weighted by molar-refractivity contribution is -0.139. The highest BCUT2D eigenvalue weighted by Crippen LogP contribution is 2.34. The average Bonchev–Trinajstić information content (AvgIpc) is 3.06. The molecule has 3 N–H and O–H groups in total. The van der Waals surface area contributed by atoms with Crippen LogP contribution < -0.4 is 30.3 Å². The molecule has 4 aromatic rings. The maximum Gasteiger partial charge on any atom is 0.338 e. The van der Waals surface area contributed by atoms with Crippen molar-refractivity contribution in [1.29, 1.82) is 0 Å². The van der Waals surface area contributed by atoms with Gasteiger partial charge in [0, 0.05) is 5.70 Å². The standard InChI is InChI=1S/C35H34N4O7/c1-4-44-34(41)32-22(2)37-35(42)38-33(32)27-13-16-29(30(18-27)43-3)46-21-31(40)39-36-19-23-10-14-28(15-11-23)45-20-24-9-12-25-7-5-6-8-26(25)17-24/h5-19,33H,4,20-21H2,1-3H3,(H,39,40)(H2,37,38,42)/b36-19-/t33-/m0/s1. The first-order valence-electron chi connectivity index (χ1n) is 14.6. The van der Waals surface area contributed by atoms with E-state index in [2.05, 4.69) is 51.5 Å². The van der Waals surface area contributed by atoms with Crippen molar-refractivity contribution in [2.45, 2.75) is 26.5 Å². The maximum atomic E-state index is 12.6. The molecule has 1 aliphatic heterocycles. The Labute approximate surface area is 266 Å². The van der Waals surface area contributed by atoms with E-state index in [-0.39, 0.29) is 18.8 Å². The number of fused-ring (bicyclic) bond motifs is 1. The van der Waals surface area contributed by atoms with Crippen LogP contribution in [0.3, 0.4) is 0 Å². The molecular formula is C35H34N4O7. The van der Waals surface area contributed by atoms with Crippen molar-refractivity contribution < 1.29 is 33.3 Å². The van der Waals surface area contributed by atoms with Crippen LogP contribution in [0.2, 0.25) is 0 Å². The van der Waals surface area contributed by atoms with Gasteiger partial charge in [0.25, 0.3) is 5.91 Å². The van der Waals surface area contributed by atoms with Crippen molar-refractivity contribution in [3.63, 3.8) is 0 Å². The van der Waals surface area contributed by atoms with Gasteiger partial charge in [-0.15, -0.1) is 0 Å². The molecule has 0 radical (unpaired) electrons. The van der Waals surface area contributed by atoms with Crippen LogP contribution in [0, 0.1) is 0 Å². The minimum absolute atomic E-state index is 0.188. The van der Waals surface area contributed by atoms with Crippen LogP contribution >= 0.6 is 0 Å². The Bertz CT molecular complexity index is 1800. The van der Waals surface area contributed by atoms with Gasteiger partial charge in [0.15, 0.2) is 18.1 Å². The molecule has 11 nitrogen and oxygen atoms in total. The number of hydrazone groups is 1. The van der Waals surface area contributed by atoms with Gasteiger partial charge >= 0.3 is 12.0 Å². The van der Waals surface area contributed by atoms with Gasteiger partial charge in [0.2, 0.25) is 0 Å². The number of esters is 1. The number of allylic oxidation sites excluding steroid dienone is 1. The highest BCUT2D eigenvalue weighted by molar-refractivity contribution is 5.95. The number of carbonyl (C=O) groups excluding carboxylic acids is 3. The molecule has 0 saturated carbocycles. The molecule has 1 aliphatic rings. The number of ether oxygens (including phenoxy) is 4. The van der Waals surface area contributed by atoms with E-state index in [1.807, 2.05) is 36.4 Å². The fraction of sp³-hybridized carbons (Fsp3) is 0.200. The highest BCUT2D eigenvalue weighted by atomic mass is 16.5. The van der Waals surface area contributed by atoms with Crippen molar-refractivity contribution in [2.24, 2.45) is 5.10 Å². The molecule has 0 saturated heterocycles. The first-order valence-corrected chi connectivity index (χ1v) is 14.6. The number of urea groups is 1. The largest absolute Gasteiger partial charge is 0.493 e. The van der Waals surface area contributed by atoms with E-state index in [1.165, 1.54) is 24.1 Å². The summed E-state index contributed by atoms with van der Waals surface area (Å²) in [6, 6.07) is 25.5. The van der Waals surface area contributed by atoms with Crippen LogP contribution in [-0.2, 0) is 20.9 Å². The molecule has 3 amide bonds. The lowest BCUT2D eigenvalue weighted by Crippen LogP contribution is -2.45. The first-order chi connectivity index (χ1) is 22.3. The zero-order chi connectivity index (χ0) is 32.5. The third kappa shape index (κ3) is 7.81. The van der Waals surface area contributed by atoms with Crippen molar-refractivity contribution in [3.8, 4) is 17.2 Å². The molecule has 4 aromatic carbocycles. The highest BCUT2D eigenvalue weighted by Gasteiger charge is 2.32. The number of methoxy groups -OCH3 is 1. The molecule has 1 atom stereocenters. The predicted molar refractivity (Wildman–Crippen MR) is 173 cm³/mol. The number of carbonyl (C=O) groups is 3. The van der Waals surface area contributed by atoms with Gasteiger partial charge in [0.05, 0.1) is 31.5 Å². The fourth-order valence-electron chi connectivity index (χ4n) is 4.91. The van der Waals surface area contributed by atoms with E-state index in [0.717, 1.165) is 11.1 Å². The van der Waals surface area contributed by atoms with E-state index in [1.54, 1.807) is 32.0 Å². The predicted octanol–water partition coefficient (Wildman–Crippen LogP) is 5.15. The number of nitrogens with one attached hydrogen (secondary N) is 3. The fourth-order valence-corrected chi connectivity index (χ4v) is 4.91. The Hall–Kier alpha value is -5.84. The van der Waals surface area contributed by atoms with Crippen LogP contribution in [0.5, 0.6) is 17.2 Å². The van der Waals surface area contributed by atoms with E-state index in [0.29, 0.717) is 35.1 Å². The van der Waals surface area contributed by atoms with Crippen LogP contribution in [0.1, 0.15) is 36.6 Å². The molecule has 0 unspecified atom stereocenters. The number of hydrogen-bond acceptors (Lipinski definition) is 8. The van der Waals surface area contributed by atoms with Crippen LogP contribution in [0.25, 0.3) is 10.8 Å². The van der Waals surface area contributed by atoms with Crippen molar-refractivity contribution in [2.75, 3.05) is 20.3 Å². The maximum absolute atomic E-state index is 12.6. The second-order valence-electron chi connectivity index (χ2n) is 10.3. The van der Waals surface area contributed by atoms with E-state index in [4.69, 9.17) is 18.9 Å². The normalized spacial score (nSPS) is 14.4. The zero-order valence-corrected chi connectivity index (χ0v) is 25.7. The molecule has 1 heterocycles. The average molecular weight is 623 g/mol. The summed E-state index contributed by atoms with van der Waals surface area (Å²) in [5.74, 6) is 0.295. The number of benzene rings is 4. The molecule has 236 valence electrons. The second-order valence-corrected chi connectivity index (χ2v) is 10.3. The van der Waals surface area contributed by atoms with Crippen molar-refractivity contribution in [3.05, 3.63) is 113 Å². The Morgan fingerprint density at radius 1 is 0.935 bits per heavy atom. The van der Waals surface area contributed by atoms with Gasteiger partial charge in [-0.05, 0) is 83.8 Å². The lowest BCUT2D eigenvalue weighted by Gasteiger charge is -2.28. The molecule has 0 fully saturated rings. The number of amides is 3. The van der Waals surface area contributed by atoms with Gasteiger partial charge in [-0.3, -0.25) is 4.79 Å². The molecule has 0 bridgehead atoms. The number of rotatable bonds is 12. The van der Waals surface area contributed by atoms with Crippen LogP contribution in [-0.4, -0.2) is 44.4 Å². The minimum atomic E-state index is -0.765. The van der Waals surface area contributed by atoms with Gasteiger partial charge in [-0.1, -0.05) is 42.5 Å². The minimum Gasteiger partial charge on any atom is -0.493 e. The Morgan fingerprint density at radius 3 is 2.48 bits per heavy atom. The van der Waals surface area contributed by atoms with Gasteiger partial charge in [-0.25, -0.2) is 15.0 Å². The van der Waals surface area contributed by atoms with Crippen LogP contribution in [0.15, 0.2) is 101 Å². The van der Waals surface area contributed by atoms with Crippen LogP contribution in [0.4, 0.5) is 4.79 Å². The third-order valence-corrected chi connectivity index (χ3v) is 7.15. The topological polar surface area (TPSA) is 137 Å². The molecule has 5 rings (SSSR count). The smallest absolute Gasteiger partial charge is 0.338 e. The van der Waals surface area contributed by atoms with E-state index in [9.17, 15) is 14.4 Å². The molecule has 0 aromatic heterocycles. The quantitative estimate of drug-likeness (QED) is 0.113. The van der Waals surface area contributed by atoms with Gasteiger partial charge < -0.3 is 29.6 Å². The summed E-state index contributed by atoms with van der Waals surface area (Å²) in [6.07, 6.45) is 1.52. The summed E-state index contributed by atoms with van der Waals surface area (Å²) < 4.78 is 22.2. The summed E-state index contributed by atoms with van der Waals surface area (Å²) in [4.78, 5) is 37.2. The lowest BCUT2D eigenvalue weighted by atomic mass is 9.95. The Morgan fingerprint density at radius 2 is 1.72 bits per heavy atom. The SMILES string of the molecule is CCOC(=O)C1=C(C)NC(=O)N[C@H]1c1ccc(OCC(=O)N/N=C\c2ccc(OCc3ccc4ccccc4c3)cc2)c(OC)c1. The zero-order valence-electron chi connectivity index (χ0n) is 25.7. The summed E-state index contributed by atoms with van der Waals surface area (Å²) >= 11 is 0. The molecule has 0 aliphatic carbocycles. The summed E-state index contributed by atoms with van der Waals surface area (Å²) in [7, 11) is 1.45. The number of hydrogen-bond donors (Lipinski definition) is 3. The molecule has 11 heteroatoms. The molecular weight excluding hydrogens is 588 g/mol. The summed E-state index contributed by atoms with van der Waals surface area (Å²) in [5, 5.41) is 11.7. The second kappa shape index (κ2) is 14.8. The molecule has 46 heavy (non-hydrogen) atoms. The summed E-state index contributed by atoms with van der Waals surface area (Å²) in [6.45, 7) is 3.64. The number of nitrogens with zero attached hydrogens (tertiary/aromatic N) is 1. The Balaban J connectivity index is 1.13.